The molecule has 0 aliphatic heterocycles. The number of benzene rings is 4. The number of hydrogen-bond donors (Lipinski definition) is 0. The summed E-state index contributed by atoms with van der Waals surface area (Å²) in [6, 6.07) is 34.4. The monoisotopic (exact) mass is 508 g/mol. The van der Waals surface area contributed by atoms with Gasteiger partial charge in [-0.3, -0.25) is 0 Å². The van der Waals surface area contributed by atoms with E-state index in [1.165, 1.54) is 11.1 Å². The first-order valence-corrected chi connectivity index (χ1v) is 13.1. The van der Waals surface area contributed by atoms with Crippen LogP contribution in [0.25, 0.3) is 0 Å². The zero-order chi connectivity index (χ0) is 25.1. The number of rotatable bonds is 8. The van der Waals surface area contributed by atoms with E-state index in [2.05, 4.69) is 52.0 Å². The zero-order valence-electron chi connectivity index (χ0n) is 21.5. The Hall–Kier alpha value is -2.33. The molecule has 4 rings (SSSR count). The van der Waals surface area contributed by atoms with Crippen molar-refractivity contribution in [2.45, 2.75) is 38.5 Å². The van der Waals surface area contributed by atoms with E-state index in [4.69, 9.17) is 9.05 Å². The summed E-state index contributed by atoms with van der Waals surface area (Å²) < 4.78 is 23.0. The van der Waals surface area contributed by atoms with Crippen molar-refractivity contribution in [3.63, 3.8) is 0 Å². The second kappa shape index (κ2) is 11.4. The molecule has 0 N–H and O–H groups in total. The van der Waals surface area contributed by atoms with Crippen molar-refractivity contribution >= 4 is 7.82 Å². The van der Waals surface area contributed by atoms with Crippen molar-refractivity contribution in [3.05, 3.63) is 131 Å². The molecule has 0 fully saturated rings. The topological polar surface area (TPSA) is 58.6 Å². The van der Waals surface area contributed by atoms with E-state index in [1.807, 2.05) is 60.7 Å². The maximum atomic E-state index is 12.6. The van der Waals surface area contributed by atoms with Crippen molar-refractivity contribution < 1.29 is 48.1 Å². The molecule has 0 saturated carbocycles. The Balaban J connectivity index is 0.00000361. The van der Waals surface area contributed by atoms with E-state index in [0.717, 1.165) is 11.1 Å². The molecule has 0 amide bonds. The minimum atomic E-state index is -4.61. The van der Waals surface area contributed by atoms with Crippen LogP contribution in [-0.4, -0.2) is 0 Å². The molecule has 0 heterocycles. The van der Waals surface area contributed by atoms with E-state index in [0.29, 0.717) is 0 Å². The van der Waals surface area contributed by atoms with E-state index in [1.54, 1.807) is 24.3 Å². The molecule has 36 heavy (non-hydrogen) atoms. The zero-order valence-corrected chi connectivity index (χ0v) is 24.4. The van der Waals surface area contributed by atoms with Gasteiger partial charge in [-0.1, -0.05) is 113 Å². The van der Waals surface area contributed by atoms with E-state index >= 15 is 0 Å². The molecule has 0 aliphatic carbocycles. The van der Waals surface area contributed by atoms with Crippen LogP contribution in [-0.2, 0) is 15.4 Å². The third kappa shape index (κ3) is 6.51. The second-order valence-corrected chi connectivity index (χ2v) is 10.9. The maximum absolute atomic E-state index is 12.6. The summed E-state index contributed by atoms with van der Waals surface area (Å²) in [6.45, 7) is 8.51. The van der Waals surface area contributed by atoms with Gasteiger partial charge in [-0.15, -0.1) is 0 Å². The number of phosphoric acid groups is 1. The Bertz CT molecular complexity index is 1200. The first-order chi connectivity index (χ1) is 16.6. The fraction of sp³-hybridized carbons (Fsp3) is 0.200. The van der Waals surface area contributed by atoms with Gasteiger partial charge in [-0.05, 0) is 46.5 Å². The predicted octanol–water partition coefficient (Wildman–Crippen LogP) is 4.27. The molecule has 0 unspecified atom stereocenters. The van der Waals surface area contributed by atoms with Gasteiger partial charge in [0.25, 0.3) is 0 Å². The predicted molar refractivity (Wildman–Crippen MR) is 139 cm³/mol. The molecular weight excluding hydrogens is 478 g/mol. The molecule has 0 radical (unpaired) electrons. The Morgan fingerprint density at radius 3 is 1.11 bits per heavy atom. The number of hydrogen-bond acceptors (Lipinski definition) is 4. The Morgan fingerprint density at radius 1 is 0.528 bits per heavy atom. The van der Waals surface area contributed by atoms with Gasteiger partial charge < -0.3 is 13.9 Å². The fourth-order valence-electron chi connectivity index (χ4n) is 4.18. The molecule has 0 bridgehead atoms. The molecule has 180 valence electrons. The SMILES string of the molecule is CC(C)(c1ccccc1)c1ccc(OP(=O)([O-])Oc2ccc(C(C)(C)c3ccccc3)cc2)cc1.[Na+]. The summed E-state index contributed by atoms with van der Waals surface area (Å²) in [5.41, 5.74) is 3.99. The van der Waals surface area contributed by atoms with Gasteiger partial charge in [0.2, 0.25) is 0 Å². The minimum absolute atomic E-state index is 0. The van der Waals surface area contributed by atoms with Crippen LogP contribution >= 0.6 is 7.82 Å². The van der Waals surface area contributed by atoms with Gasteiger partial charge in [-0.2, -0.15) is 0 Å². The van der Waals surface area contributed by atoms with Gasteiger partial charge in [0.05, 0.1) is 0 Å². The first kappa shape index (κ1) is 28.2. The summed E-state index contributed by atoms with van der Waals surface area (Å²) in [5, 5.41) is 0. The van der Waals surface area contributed by atoms with Crippen molar-refractivity contribution in [2.75, 3.05) is 0 Å². The molecule has 4 aromatic carbocycles. The summed E-state index contributed by atoms with van der Waals surface area (Å²) in [7, 11) is -4.61. The van der Waals surface area contributed by atoms with Gasteiger partial charge in [0.15, 0.2) is 0 Å². The third-order valence-electron chi connectivity index (χ3n) is 6.58. The molecule has 4 nitrogen and oxygen atoms in total. The van der Waals surface area contributed by atoms with Crippen LogP contribution in [0, 0.1) is 0 Å². The van der Waals surface area contributed by atoms with E-state index < -0.39 is 7.82 Å². The van der Waals surface area contributed by atoms with Gasteiger partial charge in [-0.25, -0.2) is 4.57 Å². The van der Waals surface area contributed by atoms with Gasteiger partial charge in [0.1, 0.15) is 11.5 Å². The third-order valence-corrected chi connectivity index (χ3v) is 7.45. The smallest absolute Gasteiger partial charge is 0.736 e. The fourth-order valence-corrected chi connectivity index (χ4v) is 4.98. The van der Waals surface area contributed by atoms with Crippen LogP contribution in [0.15, 0.2) is 109 Å². The average molecular weight is 509 g/mol. The average Bonchev–Trinajstić information content (AvgIpc) is 2.85. The molecule has 6 heteroatoms. The van der Waals surface area contributed by atoms with Crippen molar-refractivity contribution in [1.29, 1.82) is 0 Å². The molecular formula is C30H30NaO4P. The van der Waals surface area contributed by atoms with Crippen LogP contribution in [0.3, 0.4) is 0 Å². The van der Waals surface area contributed by atoms with E-state index in [9.17, 15) is 9.46 Å². The summed E-state index contributed by atoms with van der Waals surface area (Å²) >= 11 is 0. The normalized spacial score (nSPS) is 11.9. The van der Waals surface area contributed by atoms with Crippen LogP contribution in [0.4, 0.5) is 0 Å². The molecule has 0 aromatic heterocycles. The second-order valence-electron chi connectivity index (χ2n) is 9.66. The van der Waals surface area contributed by atoms with Crippen molar-refractivity contribution in [2.24, 2.45) is 0 Å². The van der Waals surface area contributed by atoms with Crippen LogP contribution in [0.1, 0.15) is 49.9 Å². The molecule has 0 atom stereocenters. The maximum Gasteiger partial charge on any atom is 1.00 e. The van der Waals surface area contributed by atoms with Crippen LogP contribution in [0.5, 0.6) is 11.5 Å². The molecule has 4 aromatic rings. The summed E-state index contributed by atoms with van der Waals surface area (Å²) in [4.78, 5) is 12.6. The number of phosphoric ester groups is 1. The van der Waals surface area contributed by atoms with Gasteiger partial charge in [0, 0.05) is 10.8 Å². The quantitative estimate of drug-likeness (QED) is 0.264. The standard InChI is InChI=1S/C30H31O4P.Na/c1-29(2,23-11-7-5-8-12-23)25-15-19-27(20-16-25)33-35(31,32)34-28-21-17-26(18-22-28)30(3,4)24-13-9-6-10-14-24;/h5-22H,1-4H3,(H,31,32);/q;+1/p-1. The first-order valence-electron chi connectivity index (χ1n) is 11.6. The van der Waals surface area contributed by atoms with Crippen molar-refractivity contribution in [3.8, 4) is 11.5 Å². The summed E-state index contributed by atoms with van der Waals surface area (Å²) in [5.74, 6) is 0.413. The summed E-state index contributed by atoms with van der Waals surface area (Å²) in [6.07, 6.45) is 0. The molecule has 0 spiro atoms. The van der Waals surface area contributed by atoms with Crippen LogP contribution in [0.2, 0.25) is 0 Å². The largest absolute Gasteiger partial charge is 1.00 e. The molecule has 0 aliphatic rings. The Morgan fingerprint density at radius 2 is 0.806 bits per heavy atom. The Kier molecular flexibility index (Phi) is 8.93. The van der Waals surface area contributed by atoms with Crippen LogP contribution < -0.4 is 43.5 Å². The minimum Gasteiger partial charge on any atom is -0.736 e. The molecule has 0 saturated heterocycles. The Labute approximate surface area is 236 Å². The van der Waals surface area contributed by atoms with Gasteiger partial charge >= 0.3 is 37.4 Å². The van der Waals surface area contributed by atoms with Crippen molar-refractivity contribution in [1.82, 2.24) is 0 Å². The van der Waals surface area contributed by atoms with E-state index in [-0.39, 0.29) is 51.9 Å².